The van der Waals surface area contributed by atoms with Crippen molar-refractivity contribution in [2.75, 3.05) is 26.3 Å². The number of rotatable bonds is 2. The predicted molar refractivity (Wildman–Crippen MR) is 99.2 cm³/mol. The number of allylic oxidation sites excluding steroid dienone is 1. The largest absolute Gasteiger partial charge is 0.452 e. The molecular weight excluding hydrogens is 370 g/mol. The average molecular weight is 386 g/mol. The molecule has 0 saturated carbocycles. The number of morpholine rings is 1. The van der Waals surface area contributed by atoms with Crippen molar-refractivity contribution in [3.05, 3.63) is 64.4 Å². The van der Waals surface area contributed by atoms with Crippen LogP contribution in [0.25, 0.3) is 6.08 Å². The van der Waals surface area contributed by atoms with E-state index in [-0.39, 0.29) is 11.5 Å². The van der Waals surface area contributed by atoms with Crippen LogP contribution in [0.15, 0.2) is 48.2 Å². The van der Waals surface area contributed by atoms with Crippen LogP contribution in [0.3, 0.4) is 0 Å². The van der Waals surface area contributed by atoms with Crippen molar-refractivity contribution in [1.82, 2.24) is 4.90 Å². The van der Waals surface area contributed by atoms with Gasteiger partial charge >= 0.3 is 6.09 Å². The number of ketones is 1. The number of nitrogens with zero attached hydrogens (tertiary/aromatic N) is 1. The van der Waals surface area contributed by atoms with Crippen LogP contribution in [-0.2, 0) is 4.74 Å². The Balaban J connectivity index is 1.52. The second-order valence-electron chi connectivity index (χ2n) is 6.09. The fourth-order valence-electron chi connectivity index (χ4n) is 2.88. The minimum absolute atomic E-state index is 0.176. The molecular formula is C20H16ClNO5. The molecule has 2 heterocycles. The molecule has 0 unspecified atom stereocenters. The molecule has 138 valence electrons. The summed E-state index contributed by atoms with van der Waals surface area (Å²) < 4.78 is 16.3. The Morgan fingerprint density at radius 1 is 1.15 bits per heavy atom. The van der Waals surface area contributed by atoms with Crippen LogP contribution in [0.2, 0.25) is 5.02 Å². The number of Topliss-reactive ketones (excluding diaryl/α,β-unsaturated/α-hetero) is 1. The maximum Gasteiger partial charge on any atom is 0.415 e. The molecule has 0 bridgehead atoms. The van der Waals surface area contributed by atoms with Crippen molar-refractivity contribution >= 4 is 29.6 Å². The number of amides is 1. The smallest absolute Gasteiger partial charge is 0.415 e. The van der Waals surface area contributed by atoms with Gasteiger partial charge in [0.25, 0.3) is 0 Å². The third-order valence-corrected chi connectivity index (χ3v) is 4.65. The number of ether oxygens (including phenoxy) is 3. The van der Waals surface area contributed by atoms with Gasteiger partial charge in [-0.1, -0.05) is 29.8 Å². The third-order valence-electron chi connectivity index (χ3n) is 4.31. The summed E-state index contributed by atoms with van der Waals surface area (Å²) >= 11 is 6.14. The molecule has 27 heavy (non-hydrogen) atoms. The summed E-state index contributed by atoms with van der Waals surface area (Å²) in [4.78, 5) is 26.3. The SMILES string of the molecule is O=C1/C(=C/c2ccccc2Cl)Oc2cc(OC(=O)N3CCOCC3)ccc21. The number of carbonyl (C=O) groups excluding carboxylic acids is 2. The van der Waals surface area contributed by atoms with E-state index >= 15 is 0 Å². The molecule has 1 amide bonds. The maximum atomic E-state index is 12.5. The van der Waals surface area contributed by atoms with E-state index in [0.29, 0.717) is 54.0 Å². The van der Waals surface area contributed by atoms with Gasteiger partial charge in [0.1, 0.15) is 11.5 Å². The number of fused-ring (bicyclic) bond motifs is 1. The Morgan fingerprint density at radius 2 is 1.93 bits per heavy atom. The molecule has 0 atom stereocenters. The average Bonchev–Trinajstić information content (AvgIpc) is 2.99. The highest BCUT2D eigenvalue weighted by molar-refractivity contribution is 6.32. The topological polar surface area (TPSA) is 65.1 Å². The fraction of sp³-hybridized carbons (Fsp3) is 0.200. The Kier molecular flexibility index (Phi) is 4.83. The molecule has 6 nitrogen and oxygen atoms in total. The molecule has 2 aromatic rings. The van der Waals surface area contributed by atoms with Gasteiger partial charge < -0.3 is 19.1 Å². The molecule has 2 aliphatic heterocycles. The van der Waals surface area contributed by atoms with Crippen molar-refractivity contribution in [2.45, 2.75) is 0 Å². The van der Waals surface area contributed by atoms with Gasteiger partial charge in [-0.15, -0.1) is 0 Å². The quantitative estimate of drug-likeness (QED) is 0.736. The van der Waals surface area contributed by atoms with Crippen LogP contribution in [0.1, 0.15) is 15.9 Å². The van der Waals surface area contributed by atoms with Gasteiger partial charge in [0.2, 0.25) is 5.78 Å². The minimum Gasteiger partial charge on any atom is -0.452 e. The van der Waals surface area contributed by atoms with Gasteiger partial charge in [-0.25, -0.2) is 4.79 Å². The summed E-state index contributed by atoms with van der Waals surface area (Å²) in [5.74, 6) is 0.605. The van der Waals surface area contributed by atoms with E-state index < -0.39 is 6.09 Å². The van der Waals surface area contributed by atoms with Crippen molar-refractivity contribution in [3.8, 4) is 11.5 Å². The van der Waals surface area contributed by atoms with Crippen LogP contribution in [0.4, 0.5) is 4.79 Å². The lowest BCUT2D eigenvalue weighted by Gasteiger charge is -2.25. The van der Waals surface area contributed by atoms with Crippen molar-refractivity contribution in [2.24, 2.45) is 0 Å². The van der Waals surface area contributed by atoms with E-state index in [1.54, 1.807) is 41.3 Å². The van der Waals surface area contributed by atoms with Gasteiger partial charge in [-0.2, -0.15) is 0 Å². The van der Waals surface area contributed by atoms with E-state index in [9.17, 15) is 9.59 Å². The Morgan fingerprint density at radius 3 is 2.70 bits per heavy atom. The normalized spacial score (nSPS) is 17.6. The van der Waals surface area contributed by atoms with Gasteiger partial charge in [0.15, 0.2) is 5.76 Å². The molecule has 0 radical (unpaired) electrons. The lowest BCUT2D eigenvalue weighted by molar-refractivity contribution is 0.0416. The summed E-state index contributed by atoms with van der Waals surface area (Å²) in [5, 5.41) is 0.525. The van der Waals surface area contributed by atoms with Crippen LogP contribution in [0, 0.1) is 0 Å². The van der Waals surface area contributed by atoms with Gasteiger partial charge in [-0.3, -0.25) is 4.79 Å². The molecule has 0 N–H and O–H groups in total. The van der Waals surface area contributed by atoms with Gasteiger partial charge in [-0.05, 0) is 29.8 Å². The number of benzene rings is 2. The van der Waals surface area contributed by atoms with Gasteiger partial charge in [0.05, 0.1) is 18.8 Å². The van der Waals surface area contributed by atoms with Crippen LogP contribution in [0.5, 0.6) is 11.5 Å². The van der Waals surface area contributed by atoms with Crippen LogP contribution < -0.4 is 9.47 Å². The molecule has 0 aliphatic carbocycles. The number of hydrogen-bond acceptors (Lipinski definition) is 5. The zero-order valence-corrected chi connectivity index (χ0v) is 15.1. The highest BCUT2D eigenvalue weighted by Crippen LogP contribution is 2.35. The Bertz CT molecular complexity index is 934. The Hall–Kier alpha value is -2.83. The highest BCUT2D eigenvalue weighted by atomic mass is 35.5. The standard InChI is InChI=1S/C20H16ClNO5/c21-16-4-2-1-3-13(16)11-18-19(23)15-6-5-14(12-17(15)27-18)26-20(24)22-7-9-25-10-8-22/h1-6,11-12H,7-10H2/b18-11-. The fourth-order valence-corrected chi connectivity index (χ4v) is 3.07. The number of hydrogen-bond donors (Lipinski definition) is 0. The second kappa shape index (κ2) is 7.42. The van der Waals surface area contributed by atoms with E-state index in [2.05, 4.69) is 0 Å². The van der Waals surface area contributed by atoms with Crippen molar-refractivity contribution in [1.29, 1.82) is 0 Å². The zero-order valence-electron chi connectivity index (χ0n) is 14.3. The van der Waals surface area contributed by atoms with Crippen LogP contribution >= 0.6 is 11.6 Å². The van der Waals surface area contributed by atoms with Gasteiger partial charge in [0, 0.05) is 24.2 Å². The molecule has 2 aliphatic rings. The van der Waals surface area contributed by atoms with Crippen molar-refractivity contribution in [3.63, 3.8) is 0 Å². The summed E-state index contributed by atoms with van der Waals surface area (Å²) in [6.07, 6.45) is 1.15. The molecule has 1 saturated heterocycles. The molecule has 2 aromatic carbocycles. The summed E-state index contributed by atoms with van der Waals surface area (Å²) in [6.45, 7) is 1.97. The first kappa shape index (κ1) is 17.6. The summed E-state index contributed by atoms with van der Waals surface area (Å²) in [7, 11) is 0. The van der Waals surface area contributed by atoms with Crippen LogP contribution in [-0.4, -0.2) is 43.1 Å². The van der Waals surface area contributed by atoms with E-state index in [1.165, 1.54) is 0 Å². The summed E-state index contributed by atoms with van der Waals surface area (Å²) in [6, 6.07) is 11.9. The zero-order chi connectivity index (χ0) is 18.8. The maximum absolute atomic E-state index is 12.5. The lowest BCUT2D eigenvalue weighted by Crippen LogP contribution is -2.42. The number of carbonyl (C=O) groups is 2. The van der Waals surface area contributed by atoms with E-state index in [0.717, 1.165) is 0 Å². The lowest BCUT2D eigenvalue weighted by atomic mass is 10.1. The molecule has 0 aromatic heterocycles. The van der Waals surface area contributed by atoms with E-state index in [1.807, 2.05) is 12.1 Å². The first-order valence-corrected chi connectivity index (χ1v) is 8.87. The molecule has 4 rings (SSSR count). The molecule has 0 spiro atoms. The predicted octanol–water partition coefficient (Wildman–Crippen LogP) is 3.79. The minimum atomic E-state index is -0.450. The first-order valence-electron chi connectivity index (χ1n) is 8.49. The first-order chi connectivity index (χ1) is 13.1. The second-order valence-corrected chi connectivity index (χ2v) is 6.49. The highest BCUT2D eigenvalue weighted by Gasteiger charge is 2.28. The van der Waals surface area contributed by atoms with E-state index in [4.69, 9.17) is 25.8 Å². The number of halogens is 1. The monoisotopic (exact) mass is 385 g/mol. The Labute approximate surface area is 160 Å². The third kappa shape index (κ3) is 3.67. The molecule has 7 heteroatoms. The molecule has 1 fully saturated rings. The van der Waals surface area contributed by atoms with Crippen molar-refractivity contribution < 1.29 is 23.8 Å². The summed E-state index contributed by atoms with van der Waals surface area (Å²) in [5.41, 5.74) is 1.11.